The number of nitrogen functional groups attached to an aromatic ring is 2. The third-order valence-electron chi connectivity index (χ3n) is 6.29. The third kappa shape index (κ3) is 5.20. The van der Waals surface area contributed by atoms with Crippen LogP contribution < -0.4 is 11.5 Å². The van der Waals surface area contributed by atoms with Crippen molar-refractivity contribution in [3.63, 3.8) is 0 Å². The van der Waals surface area contributed by atoms with Crippen LogP contribution >= 0.6 is 0 Å². The molecule has 6 N–H and O–H groups in total. The van der Waals surface area contributed by atoms with E-state index in [0.29, 0.717) is 12.1 Å². The van der Waals surface area contributed by atoms with Gasteiger partial charge in [0, 0.05) is 22.3 Å². The van der Waals surface area contributed by atoms with Gasteiger partial charge < -0.3 is 21.7 Å². The number of hydrogen-bond acceptors (Lipinski definition) is 4. The molecule has 4 nitrogen and oxygen atoms in total. The second kappa shape index (κ2) is 10.7. The van der Waals surface area contributed by atoms with Crippen molar-refractivity contribution in [3.05, 3.63) is 118 Å². The molecule has 0 amide bonds. The molecule has 0 aliphatic heterocycles. The van der Waals surface area contributed by atoms with Crippen LogP contribution in [0.25, 0.3) is 0 Å². The van der Waals surface area contributed by atoms with Gasteiger partial charge in [-0.15, -0.1) is 0 Å². The maximum atomic E-state index is 15.2. The van der Waals surface area contributed by atoms with Gasteiger partial charge in [0.2, 0.25) is 5.41 Å². The molecule has 0 bridgehead atoms. The number of benzene rings is 4. The zero-order valence-electron chi connectivity index (χ0n) is 20.9. The maximum Gasteiger partial charge on any atom is 0.411 e. The van der Waals surface area contributed by atoms with Crippen LogP contribution in [-0.2, 0) is 5.41 Å². The van der Waals surface area contributed by atoms with Gasteiger partial charge in [0.15, 0.2) is 11.5 Å². The summed E-state index contributed by atoms with van der Waals surface area (Å²) in [5, 5.41) is 21.3. The van der Waals surface area contributed by atoms with Gasteiger partial charge in [-0.25, -0.2) is 0 Å². The summed E-state index contributed by atoms with van der Waals surface area (Å²) in [6.45, 7) is 0. The fourth-order valence-electron chi connectivity index (χ4n) is 4.32. The van der Waals surface area contributed by atoms with Crippen LogP contribution in [0.3, 0.4) is 0 Å². The normalized spacial score (nSPS) is 11.7. The average Bonchev–Trinajstić information content (AvgIpc) is 2.91. The molecule has 41 heavy (non-hydrogen) atoms. The zero-order valence-corrected chi connectivity index (χ0v) is 20.9. The topological polar surface area (TPSA) is 92.5 Å². The van der Waals surface area contributed by atoms with Gasteiger partial charge in [0.25, 0.3) is 0 Å². The second-order valence-electron chi connectivity index (χ2n) is 8.83. The molecule has 4 aromatic rings. The number of hydrogen-bond donors (Lipinski definition) is 4. The van der Waals surface area contributed by atoms with Crippen LogP contribution in [0, 0.1) is 23.7 Å². The number of halogens is 6. The van der Waals surface area contributed by atoms with E-state index in [2.05, 4.69) is 23.7 Å². The lowest BCUT2D eigenvalue weighted by Gasteiger charge is -2.39. The van der Waals surface area contributed by atoms with Crippen molar-refractivity contribution in [3.8, 4) is 35.2 Å². The largest absolute Gasteiger partial charge is 0.505 e. The van der Waals surface area contributed by atoms with E-state index in [-0.39, 0.29) is 11.1 Å². The number of phenols is 2. The molecule has 0 spiro atoms. The molecule has 208 valence electrons. The van der Waals surface area contributed by atoms with Crippen LogP contribution in [0.2, 0.25) is 0 Å². The Morgan fingerprint density at radius 2 is 0.829 bits per heavy atom. The summed E-state index contributed by atoms with van der Waals surface area (Å²) < 4.78 is 90.9. The molecule has 0 aliphatic carbocycles. The maximum absolute atomic E-state index is 15.2. The minimum Gasteiger partial charge on any atom is -0.505 e. The predicted molar refractivity (Wildman–Crippen MR) is 143 cm³/mol. The van der Waals surface area contributed by atoms with Crippen LogP contribution in [0.5, 0.6) is 11.5 Å². The third-order valence-corrected chi connectivity index (χ3v) is 6.29. The number of alkyl halides is 6. The SMILES string of the molecule is Nc1ccc(C(c2ccc(N)c(O)c2C#Cc2ccccc2)(C(F)(F)F)C(F)(F)F)c(C#Cc2ccccc2)c1O. The Kier molecular flexibility index (Phi) is 7.54. The summed E-state index contributed by atoms with van der Waals surface area (Å²) >= 11 is 0. The van der Waals surface area contributed by atoms with Crippen molar-refractivity contribution in [2.24, 2.45) is 0 Å². The van der Waals surface area contributed by atoms with Gasteiger partial charge in [-0.2, -0.15) is 26.3 Å². The fourth-order valence-corrected chi connectivity index (χ4v) is 4.32. The molecule has 10 heteroatoms. The van der Waals surface area contributed by atoms with E-state index in [1.807, 2.05) is 0 Å². The lowest BCUT2D eigenvalue weighted by Crippen LogP contribution is -2.55. The van der Waals surface area contributed by atoms with Crippen molar-refractivity contribution in [1.29, 1.82) is 0 Å². The fraction of sp³-hybridized carbons (Fsp3) is 0.0968. The zero-order chi connectivity index (χ0) is 30.0. The van der Waals surface area contributed by atoms with Gasteiger partial charge in [-0.3, -0.25) is 0 Å². The van der Waals surface area contributed by atoms with E-state index < -0.39 is 62.9 Å². The Morgan fingerprint density at radius 1 is 0.488 bits per heavy atom. The van der Waals surface area contributed by atoms with Gasteiger partial charge in [0.05, 0.1) is 22.5 Å². The predicted octanol–water partition coefficient (Wildman–Crippen LogP) is 6.47. The lowest BCUT2D eigenvalue weighted by atomic mass is 9.69. The first-order valence-electron chi connectivity index (χ1n) is 11.8. The highest BCUT2D eigenvalue weighted by atomic mass is 19.4. The highest BCUT2D eigenvalue weighted by molar-refractivity contribution is 5.72. The van der Waals surface area contributed by atoms with Crippen LogP contribution in [0.1, 0.15) is 33.4 Å². The van der Waals surface area contributed by atoms with E-state index in [9.17, 15) is 10.2 Å². The Bertz CT molecular complexity index is 1580. The smallest absolute Gasteiger partial charge is 0.411 e. The molecule has 0 aliphatic rings. The van der Waals surface area contributed by atoms with Gasteiger partial charge >= 0.3 is 12.4 Å². The number of aromatic hydroxyl groups is 2. The molecule has 0 atom stereocenters. The van der Waals surface area contributed by atoms with Gasteiger partial charge in [0.1, 0.15) is 0 Å². The molecule has 4 aromatic carbocycles. The number of phenolic OH excluding ortho intramolecular Hbond substituents is 2. The second-order valence-corrected chi connectivity index (χ2v) is 8.83. The first kappa shape index (κ1) is 28.8. The molecule has 0 saturated carbocycles. The van der Waals surface area contributed by atoms with Crippen molar-refractivity contribution < 1.29 is 36.6 Å². The highest BCUT2D eigenvalue weighted by Gasteiger charge is 2.74. The summed E-state index contributed by atoms with van der Waals surface area (Å²) in [4.78, 5) is 0. The van der Waals surface area contributed by atoms with E-state index in [1.54, 1.807) is 36.4 Å². The molecule has 4 rings (SSSR count). The average molecular weight is 567 g/mol. The monoisotopic (exact) mass is 566 g/mol. The summed E-state index contributed by atoms with van der Waals surface area (Å²) in [7, 11) is 0. The Labute approximate surface area is 230 Å². The van der Waals surface area contributed by atoms with Gasteiger partial charge in [-0.1, -0.05) is 72.2 Å². The molecule has 0 radical (unpaired) electrons. The molecular formula is C31H20F6N2O2. The van der Waals surface area contributed by atoms with Crippen LogP contribution in [0.15, 0.2) is 84.9 Å². The first-order valence-corrected chi connectivity index (χ1v) is 11.8. The number of anilines is 2. The quantitative estimate of drug-likeness (QED) is 0.0969. The molecule has 0 heterocycles. The van der Waals surface area contributed by atoms with Crippen LogP contribution in [0.4, 0.5) is 37.7 Å². The van der Waals surface area contributed by atoms with E-state index in [1.165, 1.54) is 24.3 Å². The van der Waals surface area contributed by atoms with E-state index in [4.69, 9.17) is 11.5 Å². The Hall–Kier alpha value is -5.22. The minimum absolute atomic E-state index is 0.254. The first-order chi connectivity index (χ1) is 19.3. The molecule has 0 saturated heterocycles. The van der Waals surface area contributed by atoms with Crippen molar-refractivity contribution in [2.75, 3.05) is 11.5 Å². The molecule has 0 unspecified atom stereocenters. The summed E-state index contributed by atoms with van der Waals surface area (Å²) in [5.74, 6) is 7.34. The van der Waals surface area contributed by atoms with E-state index >= 15 is 26.3 Å². The summed E-state index contributed by atoms with van der Waals surface area (Å²) in [6.07, 6.45) is -12.2. The molecule has 0 fully saturated rings. The van der Waals surface area contributed by atoms with Gasteiger partial charge in [-0.05, 0) is 36.4 Å². The highest BCUT2D eigenvalue weighted by Crippen LogP contribution is 2.59. The number of nitrogens with two attached hydrogens (primary N) is 2. The standard InChI is InChI=1S/C31H20F6N2O2/c32-30(33,34)29(31(35,36)37,23-15-17-25(38)27(40)21(23)13-11-19-7-3-1-4-8-19)24-16-18-26(39)28(41)22(24)14-12-20-9-5-2-6-10-20/h1-10,15-18,40-41H,38-39H2. The Balaban J connectivity index is 2.17. The Morgan fingerprint density at radius 3 is 1.15 bits per heavy atom. The van der Waals surface area contributed by atoms with Crippen molar-refractivity contribution >= 4 is 11.4 Å². The summed E-state index contributed by atoms with van der Waals surface area (Å²) in [6, 6.07) is 17.9. The summed E-state index contributed by atoms with van der Waals surface area (Å²) in [5.41, 5.74) is 1.15. The number of rotatable bonds is 2. The lowest BCUT2D eigenvalue weighted by molar-refractivity contribution is -0.288. The van der Waals surface area contributed by atoms with Crippen LogP contribution in [-0.4, -0.2) is 22.6 Å². The molecular weight excluding hydrogens is 546 g/mol. The van der Waals surface area contributed by atoms with Crippen molar-refractivity contribution in [1.82, 2.24) is 0 Å². The minimum atomic E-state index is -6.09. The van der Waals surface area contributed by atoms with Crippen molar-refractivity contribution in [2.45, 2.75) is 17.8 Å². The molecule has 0 aromatic heterocycles. The van der Waals surface area contributed by atoms with E-state index in [0.717, 1.165) is 12.1 Å².